The van der Waals surface area contributed by atoms with Crippen LogP contribution in [0.1, 0.15) is 24.8 Å². The third kappa shape index (κ3) is 2.95. The van der Waals surface area contributed by atoms with Crippen molar-refractivity contribution in [2.45, 2.75) is 25.8 Å². The SMILES string of the molecule is O=C(C1CC1)N1CC[C@H]2CN(Cc3ccc(F)cc3)C[C@@]2(CO)C1. The highest BCUT2D eigenvalue weighted by Gasteiger charge is 2.51. The number of hydrogen-bond donors (Lipinski definition) is 1. The number of aliphatic hydroxyl groups is 1. The van der Waals surface area contributed by atoms with Crippen LogP contribution in [0.15, 0.2) is 24.3 Å². The van der Waals surface area contributed by atoms with E-state index >= 15 is 0 Å². The van der Waals surface area contributed by atoms with Gasteiger partial charge in [-0.3, -0.25) is 9.69 Å². The second-order valence-corrected chi connectivity index (χ2v) is 7.84. The van der Waals surface area contributed by atoms with Crippen LogP contribution >= 0.6 is 0 Å². The zero-order chi connectivity index (χ0) is 16.7. The summed E-state index contributed by atoms with van der Waals surface area (Å²) in [5, 5.41) is 10.1. The van der Waals surface area contributed by atoms with Crippen molar-refractivity contribution in [3.05, 3.63) is 35.6 Å². The van der Waals surface area contributed by atoms with E-state index in [4.69, 9.17) is 0 Å². The van der Waals surface area contributed by atoms with Crippen LogP contribution in [0.5, 0.6) is 0 Å². The van der Waals surface area contributed by atoms with Crippen molar-refractivity contribution in [1.29, 1.82) is 0 Å². The number of benzene rings is 1. The van der Waals surface area contributed by atoms with Gasteiger partial charge in [-0.1, -0.05) is 12.1 Å². The minimum atomic E-state index is -0.213. The first-order valence-corrected chi connectivity index (χ1v) is 8.96. The lowest BCUT2D eigenvalue weighted by atomic mass is 9.74. The molecule has 0 bridgehead atoms. The molecule has 3 aliphatic rings. The van der Waals surface area contributed by atoms with Gasteiger partial charge in [-0.25, -0.2) is 4.39 Å². The summed E-state index contributed by atoms with van der Waals surface area (Å²) in [5.74, 6) is 0.758. The van der Waals surface area contributed by atoms with Crippen molar-refractivity contribution in [1.82, 2.24) is 9.80 Å². The predicted octanol–water partition coefficient (Wildman–Crippen LogP) is 1.88. The highest BCUT2D eigenvalue weighted by atomic mass is 19.1. The molecule has 3 fully saturated rings. The third-order valence-corrected chi connectivity index (χ3v) is 6.01. The molecule has 2 saturated heterocycles. The van der Waals surface area contributed by atoms with Crippen molar-refractivity contribution in [2.75, 3.05) is 32.8 Å². The number of nitrogens with zero attached hydrogens (tertiary/aromatic N) is 2. The zero-order valence-electron chi connectivity index (χ0n) is 14.0. The molecular weight excluding hydrogens is 307 g/mol. The van der Waals surface area contributed by atoms with E-state index in [1.807, 2.05) is 17.0 Å². The van der Waals surface area contributed by atoms with Crippen LogP contribution in [0.4, 0.5) is 4.39 Å². The van der Waals surface area contributed by atoms with Gasteiger partial charge in [0.2, 0.25) is 5.91 Å². The number of carbonyl (C=O) groups is 1. The number of piperidine rings is 1. The molecule has 2 atom stereocenters. The molecule has 1 amide bonds. The van der Waals surface area contributed by atoms with E-state index in [9.17, 15) is 14.3 Å². The largest absolute Gasteiger partial charge is 0.396 e. The van der Waals surface area contributed by atoms with Gasteiger partial charge in [0.25, 0.3) is 0 Å². The molecule has 0 radical (unpaired) electrons. The molecule has 2 heterocycles. The fourth-order valence-electron chi connectivity index (χ4n) is 4.47. The van der Waals surface area contributed by atoms with Gasteiger partial charge in [0.1, 0.15) is 5.82 Å². The Morgan fingerprint density at radius 1 is 1.21 bits per heavy atom. The average Bonchev–Trinajstić information content (AvgIpc) is 3.37. The highest BCUT2D eigenvalue weighted by molar-refractivity contribution is 5.81. The van der Waals surface area contributed by atoms with Gasteiger partial charge in [0, 0.05) is 44.1 Å². The average molecular weight is 332 g/mol. The summed E-state index contributed by atoms with van der Waals surface area (Å²) < 4.78 is 13.1. The molecule has 24 heavy (non-hydrogen) atoms. The molecule has 1 aromatic carbocycles. The van der Waals surface area contributed by atoms with E-state index in [1.165, 1.54) is 12.1 Å². The summed E-state index contributed by atoms with van der Waals surface area (Å²) in [6.45, 7) is 4.17. The Morgan fingerprint density at radius 2 is 1.96 bits per heavy atom. The molecule has 0 aromatic heterocycles. The van der Waals surface area contributed by atoms with Gasteiger partial charge in [-0.2, -0.15) is 0 Å². The standard InChI is InChI=1S/C19H25FN2O2/c20-17-5-1-14(2-6-17)9-21-10-16-7-8-22(18(24)15-3-4-15)12-19(16,11-21)13-23/h1-2,5-6,15-16,23H,3-4,7-13H2/t16-,19-/m0/s1. The van der Waals surface area contributed by atoms with E-state index < -0.39 is 0 Å². The topological polar surface area (TPSA) is 43.8 Å². The van der Waals surface area contributed by atoms with Gasteiger partial charge in [0.15, 0.2) is 0 Å². The van der Waals surface area contributed by atoms with Gasteiger partial charge < -0.3 is 10.0 Å². The molecule has 130 valence electrons. The second kappa shape index (κ2) is 6.12. The molecule has 0 spiro atoms. The maximum atomic E-state index is 13.1. The Hall–Kier alpha value is -1.46. The molecule has 1 aliphatic carbocycles. The van der Waals surface area contributed by atoms with E-state index in [2.05, 4.69) is 4.90 Å². The Balaban J connectivity index is 1.45. The normalized spacial score (nSPS) is 30.4. The Bertz CT molecular complexity index is 616. The van der Waals surface area contributed by atoms with E-state index in [-0.39, 0.29) is 23.8 Å². The van der Waals surface area contributed by atoms with Crippen molar-refractivity contribution >= 4 is 5.91 Å². The lowest BCUT2D eigenvalue weighted by Crippen LogP contribution is -2.53. The first-order chi connectivity index (χ1) is 11.6. The first kappa shape index (κ1) is 16.0. The maximum Gasteiger partial charge on any atom is 0.225 e. The summed E-state index contributed by atoms with van der Waals surface area (Å²) in [7, 11) is 0. The van der Waals surface area contributed by atoms with Crippen LogP contribution in [0.2, 0.25) is 0 Å². The highest BCUT2D eigenvalue weighted by Crippen LogP contribution is 2.43. The number of carbonyl (C=O) groups excluding carboxylic acids is 1. The molecule has 1 aromatic rings. The van der Waals surface area contributed by atoms with Gasteiger partial charge in [0.05, 0.1) is 6.61 Å². The first-order valence-electron chi connectivity index (χ1n) is 8.96. The van der Waals surface area contributed by atoms with Crippen LogP contribution in [-0.2, 0) is 11.3 Å². The molecule has 4 nitrogen and oxygen atoms in total. The summed E-state index contributed by atoms with van der Waals surface area (Å²) in [6, 6.07) is 6.64. The molecule has 0 unspecified atom stereocenters. The summed E-state index contributed by atoms with van der Waals surface area (Å²) in [5.41, 5.74) is 0.900. The monoisotopic (exact) mass is 332 g/mol. The fourth-order valence-corrected chi connectivity index (χ4v) is 4.47. The fraction of sp³-hybridized carbons (Fsp3) is 0.632. The quantitative estimate of drug-likeness (QED) is 0.916. The van der Waals surface area contributed by atoms with Gasteiger partial charge in [-0.05, 0) is 42.9 Å². The maximum absolute atomic E-state index is 13.1. The van der Waals surface area contributed by atoms with E-state index in [0.717, 1.165) is 51.0 Å². The summed E-state index contributed by atoms with van der Waals surface area (Å²) in [4.78, 5) is 16.7. The molecule has 4 rings (SSSR count). The summed E-state index contributed by atoms with van der Waals surface area (Å²) >= 11 is 0. The van der Waals surface area contributed by atoms with Crippen molar-refractivity contribution in [3.63, 3.8) is 0 Å². The van der Waals surface area contributed by atoms with Gasteiger partial charge >= 0.3 is 0 Å². The predicted molar refractivity (Wildman–Crippen MR) is 88.6 cm³/mol. The minimum Gasteiger partial charge on any atom is -0.396 e. The summed E-state index contributed by atoms with van der Waals surface area (Å²) in [6.07, 6.45) is 3.03. The van der Waals surface area contributed by atoms with Crippen molar-refractivity contribution in [3.8, 4) is 0 Å². The Morgan fingerprint density at radius 3 is 2.62 bits per heavy atom. The number of likely N-dealkylation sites (tertiary alicyclic amines) is 2. The zero-order valence-corrected chi connectivity index (χ0v) is 14.0. The van der Waals surface area contributed by atoms with E-state index in [0.29, 0.717) is 18.4 Å². The van der Waals surface area contributed by atoms with Crippen LogP contribution in [0.3, 0.4) is 0 Å². The molecule has 2 aliphatic heterocycles. The number of aliphatic hydroxyl groups excluding tert-OH is 1. The molecular formula is C19H25FN2O2. The van der Waals surface area contributed by atoms with Crippen LogP contribution in [0, 0.1) is 23.1 Å². The molecule has 1 N–H and O–H groups in total. The number of hydrogen-bond acceptors (Lipinski definition) is 3. The number of amides is 1. The second-order valence-electron chi connectivity index (χ2n) is 7.84. The van der Waals surface area contributed by atoms with Crippen LogP contribution < -0.4 is 0 Å². The van der Waals surface area contributed by atoms with Crippen LogP contribution in [-0.4, -0.2) is 53.6 Å². The minimum absolute atomic E-state index is 0.131. The smallest absolute Gasteiger partial charge is 0.225 e. The molecule has 5 heteroatoms. The van der Waals surface area contributed by atoms with Gasteiger partial charge in [-0.15, -0.1) is 0 Å². The van der Waals surface area contributed by atoms with Crippen molar-refractivity contribution < 1.29 is 14.3 Å². The van der Waals surface area contributed by atoms with E-state index in [1.54, 1.807) is 0 Å². The van der Waals surface area contributed by atoms with Crippen LogP contribution in [0.25, 0.3) is 0 Å². The number of halogens is 1. The Kier molecular flexibility index (Phi) is 4.09. The molecule has 1 saturated carbocycles. The third-order valence-electron chi connectivity index (χ3n) is 6.01. The Labute approximate surface area is 142 Å². The number of fused-ring (bicyclic) bond motifs is 1. The van der Waals surface area contributed by atoms with Crippen molar-refractivity contribution in [2.24, 2.45) is 17.3 Å². The lowest BCUT2D eigenvalue weighted by molar-refractivity contribution is -0.137. The number of rotatable bonds is 4. The lowest BCUT2D eigenvalue weighted by Gasteiger charge is -2.43.